The van der Waals surface area contributed by atoms with Gasteiger partial charge in [-0.25, -0.2) is 0 Å². The van der Waals surface area contributed by atoms with Crippen molar-refractivity contribution in [2.24, 2.45) is 0 Å². The number of benzene rings is 1. The minimum atomic E-state index is -0.825. The normalized spacial score (nSPS) is 21.6. The maximum Gasteiger partial charge on any atom is 0.133 e. The van der Waals surface area contributed by atoms with Gasteiger partial charge in [-0.2, -0.15) is 0 Å². The minimum Gasteiger partial charge on any atom is -0.496 e. The highest BCUT2D eigenvalue weighted by Gasteiger charge is 2.36. The number of aryl methyl sites for hydroxylation is 1. The Morgan fingerprint density at radius 3 is 3.00 bits per heavy atom. The third-order valence-corrected chi connectivity index (χ3v) is 4.57. The number of fused-ring (bicyclic) bond motifs is 1. The third-order valence-electron chi connectivity index (χ3n) is 3.95. The molecule has 1 unspecified atom stereocenters. The van der Waals surface area contributed by atoms with Gasteiger partial charge in [0.15, 0.2) is 0 Å². The average Bonchev–Trinajstić information content (AvgIpc) is 2.89. The van der Waals surface area contributed by atoms with Gasteiger partial charge in [-0.1, -0.05) is 6.07 Å². The quantitative estimate of drug-likeness (QED) is 0.926. The number of aliphatic hydroxyl groups is 1. The van der Waals surface area contributed by atoms with E-state index in [1.165, 1.54) is 0 Å². The molecule has 0 fully saturated rings. The van der Waals surface area contributed by atoms with E-state index in [4.69, 9.17) is 9.15 Å². The molecule has 3 rings (SSSR count). The van der Waals surface area contributed by atoms with Gasteiger partial charge in [-0.15, -0.1) is 0 Å². The van der Waals surface area contributed by atoms with Gasteiger partial charge < -0.3 is 14.3 Å². The molecule has 1 aliphatic carbocycles. The summed E-state index contributed by atoms with van der Waals surface area (Å²) in [7, 11) is 1.65. The van der Waals surface area contributed by atoms with Crippen LogP contribution in [-0.4, -0.2) is 12.2 Å². The van der Waals surface area contributed by atoms with Crippen molar-refractivity contribution in [1.82, 2.24) is 0 Å². The van der Waals surface area contributed by atoms with Crippen molar-refractivity contribution in [3.63, 3.8) is 0 Å². The summed E-state index contributed by atoms with van der Waals surface area (Å²) in [6.07, 6.45) is 4.89. The molecule has 1 atom stereocenters. The highest BCUT2D eigenvalue weighted by atomic mass is 79.9. The summed E-state index contributed by atoms with van der Waals surface area (Å²) in [6, 6.07) is 7.82. The second-order valence-electron chi connectivity index (χ2n) is 5.29. The Bertz CT molecular complexity index is 620. The van der Waals surface area contributed by atoms with E-state index in [2.05, 4.69) is 15.9 Å². The zero-order valence-electron chi connectivity index (χ0n) is 11.4. The highest BCUT2D eigenvalue weighted by molar-refractivity contribution is 9.10. The summed E-state index contributed by atoms with van der Waals surface area (Å²) < 4.78 is 11.6. The van der Waals surface area contributed by atoms with Gasteiger partial charge in [0.05, 0.1) is 23.4 Å². The second kappa shape index (κ2) is 5.26. The molecule has 20 heavy (non-hydrogen) atoms. The molecule has 1 heterocycles. The number of methoxy groups -OCH3 is 1. The van der Waals surface area contributed by atoms with Crippen LogP contribution >= 0.6 is 15.9 Å². The van der Waals surface area contributed by atoms with E-state index in [0.29, 0.717) is 6.42 Å². The Kier molecular flexibility index (Phi) is 3.61. The van der Waals surface area contributed by atoms with Crippen LogP contribution in [0.1, 0.15) is 29.7 Å². The molecule has 0 saturated carbocycles. The van der Waals surface area contributed by atoms with Crippen LogP contribution in [0.3, 0.4) is 0 Å². The molecule has 0 aliphatic heterocycles. The van der Waals surface area contributed by atoms with Crippen molar-refractivity contribution < 1.29 is 14.3 Å². The number of rotatable bonds is 3. The predicted octanol–water partition coefficient (Wildman–Crippen LogP) is 3.82. The molecule has 106 valence electrons. The van der Waals surface area contributed by atoms with E-state index in [1.54, 1.807) is 13.4 Å². The molecule has 1 aliphatic rings. The molecule has 0 amide bonds. The third kappa shape index (κ3) is 2.38. The molecular formula is C16H17BrO3. The van der Waals surface area contributed by atoms with Crippen molar-refractivity contribution in [3.05, 3.63) is 51.9 Å². The molecular weight excluding hydrogens is 320 g/mol. The van der Waals surface area contributed by atoms with Crippen molar-refractivity contribution in [2.45, 2.75) is 31.3 Å². The molecule has 4 heteroatoms. The summed E-state index contributed by atoms with van der Waals surface area (Å²) in [5.41, 5.74) is 1.19. The van der Waals surface area contributed by atoms with Crippen molar-refractivity contribution in [1.29, 1.82) is 0 Å². The van der Waals surface area contributed by atoms with Gasteiger partial charge in [0.1, 0.15) is 11.5 Å². The molecule has 0 spiro atoms. The van der Waals surface area contributed by atoms with E-state index >= 15 is 0 Å². The van der Waals surface area contributed by atoms with Crippen LogP contribution in [0.15, 0.2) is 39.4 Å². The maximum atomic E-state index is 11.0. The summed E-state index contributed by atoms with van der Waals surface area (Å²) in [5.74, 6) is 1.72. The maximum absolute atomic E-state index is 11.0. The first-order chi connectivity index (χ1) is 9.62. The fraction of sp³-hybridized carbons (Fsp3) is 0.375. The molecule has 0 radical (unpaired) electrons. The van der Waals surface area contributed by atoms with E-state index in [0.717, 1.165) is 46.4 Å². The van der Waals surface area contributed by atoms with Gasteiger partial charge in [-0.05, 0) is 52.5 Å². The minimum absolute atomic E-state index is 0.585. The van der Waals surface area contributed by atoms with Crippen LogP contribution in [0.4, 0.5) is 0 Å². The van der Waals surface area contributed by atoms with Gasteiger partial charge in [0.2, 0.25) is 0 Å². The lowest BCUT2D eigenvalue weighted by Gasteiger charge is -2.32. The van der Waals surface area contributed by atoms with E-state index in [9.17, 15) is 5.11 Å². The van der Waals surface area contributed by atoms with Gasteiger partial charge in [0, 0.05) is 18.4 Å². The molecule has 2 aromatic rings. The zero-order chi connectivity index (χ0) is 14.2. The number of ether oxygens (including phenoxy) is 1. The van der Waals surface area contributed by atoms with Gasteiger partial charge in [0.25, 0.3) is 0 Å². The monoisotopic (exact) mass is 336 g/mol. The number of furan rings is 1. The zero-order valence-corrected chi connectivity index (χ0v) is 12.9. The van der Waals surface area contributed by atoms with Gasteiger partial charge in [-0.3, -0.25) is 0 Å². The smallest absolute Gasteiger partial charge is 0.133 e. The standard InChI is InChI=1S/C16H17BrO3/c1-19-15-5-4-11(9-13(15)17)10-16(18)7-2-3-14-12(16)6-8-20-14/h4-6,8-9,18H,2-3,7,10H2,1H3. The lowest BCUT2D eigenvalue weighted by atomic mass is 9.79. The van der Waals surface area contributed by atoms with Gasteiger partial charge >= 0.3 is 0 Å². The lowest BCUT2D eigenvalue weighted by molar-refractivity contribution is 0.0168. The summed E-state index contributed by atoms with van der Waals surface area (Å²) in [5, 5.41) is 11.0. The highest BCUT2D eigenvalue weighted by Crippen LogP contribution is 2.39. The average molecular weight is 337 g/mol. The molecule has 1 aromatic carbocycles. The van der Waals surface area contributed by atoms with Crippen LogP contribution in [-0.2, 0) is 18.4 Å². The Hall–Kier alpha value is -1.26. The SMILES string of the molecule is COc1ccc(CC2(O)CCCc3occc32)cc1Br. The van der Waals surface area contributed by atoms with Crippen LogP contribution in [0.5, 0.6) is 5.75 Å². The first kappa shape index (κ1) is 13.7. The lowest BCUT2D eigenvalue weighted by Crippen LogP contribution is -2.32. The molecule has 1 aromatic heterocycles. The van der Waals surface area contributed by atoms with Crippen molar-refractivity contribution >= 4 is 15.9 Å². The Balaban J connectivity index is 1.90. The fourth-order valence-electron chi connectivity index (χ4n) is 2.97. The van der Waals surface area contributed by atoms with Crippen LogP contribution < -0.4 is 4.74 Å². The van der Waals surface area contributed by atoms with E-state index < -0.39 is 5.60 Å². The molecule has 3 nitrogen and oxygen atoms in total. The van der Waals surface area contributed by atoms with E-state index in [-0.39, 0.29) is 0 Å². The first-order valence-corrected chi connectivity index (χ1v) is 7.53. The Morgan fingerprint density at radius 2 is 2.25 bits per heavy atom. The van der Waals surface area contributed by atoms with Crippen LogP contribution in [0.2, 0.25) is 0 Å². The molecule has 0 saturated heterocycles. The number of hydrogen-bond donors (Lipinski definition) is 1. The van der Waals surface area contributed by atoms with Crippen LogP contribution in [0, 0.1) is 0 Å². The summed E-state index contributed by atoms with van der Waals surface area (Å²) >= 11 is 3.49. The predicted molar refractivity (Wildman–Crippen MR) is 79.9 cm³/mol. The second-order valence-corrected chi connectivity index (χ2v) is 6.14. The number of halogens is 1. The Morgan fingerprint density at radius 1 is 1.40 bits per heavy atom. The number of hydrogen-bond acceptors (Lipinski definition) is 3. The Labute approximate surface area is 126 Å². The molecule has 1 N–H and O–H groups in total. The van der Waals surface area contributed by atoms with Crippen molar-refractivity contribution in [2.75, 3.05) is 7.11 Å². The first-order valence-electron chi connectivity index (χ1n) is 6.74. The molecule has 0 bridgehead atoms. The van der Waals surface area contributed by atoms with Crippen LogP contribution in [0.25, 0.3) is 0 Å². The summed E-state index contributed by atoms with van der Waals surface area (Å²) in [6.45, 7) is 0. The summed E-state index contributed by atoms with van der Waals surface area (Å²) in [4.78, 5) is 0. The fourth-order valence-corrected chi connectivity index (χ4v) is 3.55. The van der Waals surface area contributed by atoms with Crippen molar-refractivity contribution in [3.8, 4) is 5.75 Å². The largest absolute Gasteiger partial charge is 0.496 e. The van der Waals surface area contributed by atoms with E-state index in [1.807, 2.05) is 24.3 Å². The topological polar surface area (TPSA) is 42.6 Å².